The molecule has 2 aromatic rings. The van der Waals surface area contributed by atoms with E-state index in [1.54, 1.807) is 12.3 Å². The summed E-state index contributed by atoms with van der Waals surface area (Å²) in [5, 5.41) is 3.50. The topological polar surface area (TPSA) is 31.6 Å². The van der Waals surface area contributed by atoms with E-state index in [4.69, 9.17) is 4.42 Å². The molecular formula is C21H28FN3O. The Balaban J connectivity index is 1.45. The van der Waals surface area contributed by atoms with Crippen LogP contribution < -0.4 is 10.2 Å². The molecule has 5 heteroatoms. The van der Waals surface area contributed by atoms with Gasteiger partial charge in [0.1, 0.15) is 11.6 Å². The van der Waals surface area contributed by atoms with Crippen LogP contribution in [-0.4, -0.2) is 37.6 Å². The molecular weight excluding hydrogens is 329 g/mol. The fourth-order valence-corrected chi connectivity index (χ4v) is 4.25. The van der Waals surface area contributed by atoms with Gasteiger partial charge < -0.3 is 14.6 Å². The van der Waals surface area contributed by atoms with Gasteiger partial charge in [0.2, 0.25) is 0 Å². The number of hydrogen-bond donors (Lipinski definition) is 1. The highest BCUT2D eigenvalue weighted by molar-refractivity contribution is 5.54. The van der Waals surface area contributed by atoms with Gasteiger partial charge >= 0.3 is 0 Å². The Morgan fingerprint density at radius 3 is 2.50 bits per heavy atom. The lowest BCUT2D eigenvalue weighted by Crippen LogP contribution is -2.34. The number of nitrogens with one attached hydrogen (secondary N) is 1. The van der Waals surface area contributed by atoms with Gasteiger partial charge in [-0.15, -0.1) is 0 Å². The Bertz CT molecular complexity index is 691. The Morgan fingerprint density at radius 1 is 1.00 bits per heavy atom. The van der Waals surface area contributed by atoms with Crippen molar-refractivity contribution in [3.05, 3.63) is 53.7 Å². The van der Waals surface area contributed by atoms with E-state index in [1.165, 1.54) is 25.7 Å². The lowest BCUT2D eigenvalue weighted by Gasteiger charge is -2.27. The maximum atomic E-state index is 14.5. The minimum absolute atomic E-state index is 0.113. The molecule has 0 amide bonds. The normalized spacial score (nSPS) is 19.3. The molecule has 1 atom stereocenters. The molecule has 0 aliphatic carbocycles. The Kier molecular flexibility index (Phi) is 5.56. The molecule has 2 fully saturated rings. The van der Waals surface area contributed by atoms with Crippen LogP contribution in [0.15, 0.2) is 41.0 Å². The van der Waals surface area contributed by atoms with E-state index in [-0.39, 0.29) is 11.9 Å². The zero-order valence-electron chi connectivity index (χ0n) is 15.3. The summed E-state index contributed by atoms with van der Waals surface area (Å²) in [6.45, 7) is 5.57. The molecule has 1 aromatic carbocycles. The fraction of sp³-hybridized carbons (Fsp3) is 0.524. The zero-order valence-corrected chi connectivity index (χ0v) is 15.3. The van der Waals surface area contributed by atoms with Crippen LogP contribution in [0.5, 0.6) is 0 Å². The molecule has 3 heterocycles. The zero-order chi connectivity index (χ0) is 17.8. The number of nitrogens with zero attached hydrogens (tertiary/aromatic N) is 2. The first-order valence-corrected chi connectivity index (χ1v) is 9.83. The summed E-state index contributed by atoms with van der Waals surface area (Å²) in [5.41, 5.74) is 1.83. The number of rotatable bonds is 7. The monoisotopic (exact) mass is 357 g/mol. The number of hydrogen-bond acceptors (Lipinski definition) is 4. The van der Waals surface area contributed by atoms with Gasteiger partial charge in [0.15, 0.2) is 0 Å². The Morgan fingerprint density at radius 2 is 1.77 bits per heavy atom. The van der Waals surface area contributed by atoms with Gasteiger partial charge in [0, 0.05) is 37.4 Å². The molecule has 0 saturated carbocycles. The lowest BCUT2D eigenvalue weighted by molar-refractivity contribution is 0.209. The molecule has 4 nitrogen and oxygen atoms in total. The summed E-state index contributed by atoms with van der Waals surface area (Å²) in [7, 11) is 0. The summed E-state index contributed by atoms with van der Waals surface area (Å²) < 4.78 is 20.2. The third-order valence-corrected chi connectivity index (χ3v) is 5.63. The van der Waals surface area contributed by atoms with Crippen LogP contribution in [-0.2, 0) is 6.54 Å². The van der Waals surface area contributed by atoms with E-state index in [0.29, 0.717) is 6.54 Å². The summed E-state index contributed by atoms with van der Waals surface area (Å²) in [6.07, 6.45) is 6.60. The number of furan rings is 1. The predicted octanol–water partition coefficient (Wildman–Crippen LogP) is 3.95. The number of likely N-dealkylation sites (tertiary alicyclic amines) is 1. The molecule has 2 aliphatic heterocycles. The second-order valence-corrected chi connectivity index (χ2v) is 7.34. The molecule has 26 heavy (non-hydrogen) atoms. The first kappa shape index (κ1) is 17.6. The fourth-order valence-electron chi connectivity index (χ4n) is 4.25. The van der Waals surface area contributed by atoms with Crippen molar-refractivity contribution in [2.45, 2.75) is 38.3 Å². The summed E-state index contributed by atoms with van der Waals surface area (Å²) in [4.78, 5) is 4.78. The average molecular weight is 357 g/mol. The third-order valence-electron chi connectivity index (χ3n) is 5.63. The maximum Gasteiger partial charge on any atom is 0.129 e. The van der Waals surface area contributed by atoms with E-state index < -0.39 is 0 Å². The second kappa shape index (κ2) is 8.23. The van der Waals surface area contributed by atoms with Crippen molar-refractivity contribution in [3.63, 3.8) is 0 Å². The van der Waals surface area contributed by atoms with E-state index in [9.17, 15) is 4.39 Å². The van der Waals surface area contributed by atoms with Crippen molar-refractivity contribution < 1.29 is 8.81 Å². The van der Waals surface area contributed by atoms with Gasteiger partial charge in [0.25, 0.3) is 0 Å². The SMILES string of the molecule is Fc1cccc(N2CCCC2)c1CNCC(c1ccco1)N1CCCC1. The third kappa shape index (κ3) is 3.79. The van der Waals surface area contributed by atoms with Crippen LogP contribution in [0.25, 0.3) is 0 Å². The van der Waals surface area contributed by atoms with Crippen molar-refractivity contribution in [3.8, 4) is 0 Å². The van der Waals surface area contributed by atoms with Crippen molar-refractivity contribution in [1.82, 2.24) is 10.2 Å². The molecule has 2 saturated heterocycles. The maximum absolute atomic E-state index is 14.5. The largest absolute Gasteiger partial charge is 0.468 e. The van der Waals surface area contributed by atoms with E-state index in [2.05, 4.69) is 21.2 Å². The minimum Gasteiger partial charge on any atom is -0.468 e. The standard InChI is InChI=1S/C21H28FN3O/c22-18-7-5-8-19(24-10-1-2-11-24)17(18)15-23-16-20(21-9-6-14-26-21)25-12-3-4-13-25/h5-9,14,20,23H,1-4,10-13,15-16H2. The summed E-state index contributed by atoms with van der Waals surface area (Å²) >= 11 is 0. The van der Waals surface area contributed by atoms with E-state index in [1.807, 2.05) is 18.2 Å². The highest BCUT2D eigenvalue weighted by Gasteiger charge is 2.25. The first-order valence-electron chi connectivity index (χ1n) is 9.83. The molecule has 4 rings (SSSR count). The molecule has 0 spiro atoms. The van der Waals surface area contributed by atoms with Gasteiger partial charge in [-0.25, -0.2) is 4.39 Å². The number of anilines is 1. The van der Waals surface area contributed by atoms with Crippen LogP contribution in [0, 0.1) is 5.82 Å². The van der Waals surface area contributed by atoms with Crippen molar-refractivity contribution in [1.29, 1.82) is 0 Å². The minimum atomic E-state index is -0.113. The van der Waals surface area contributed by atoms with Crippen molar-refractivity contribution >= 4 is 5.69 Å². The quantitative estimate of drug-likeness (QED) is 0.813. The van der Waals surface area contributed by atoms with Crippen LogP contribution in [0.4, 0.5) is 10.1 Å². The van der Waals surface area contributed by atoms with Gasteiger partial charge in [0.05, 0.1) is 12.3 Å². The van der Waals surface area contributed by atoms with E-state index >= 15 is 0 Å². The molecule has 140 valence electrons. The van der Waals surface area contributed by atoms with Gasteiger partial charge in [-0.2, -0.15) is 0 Å². The molecule has 0 radical (unpaired) electrons. The first-order chi connectivity index (χ1) is 12.8. The van der Waals surface area contributed by atoms with Gasteiger partial charge in [-0.05, 0) is 63.0 Å². The highest BCUT2D eigenvalue weighted by atomic mass is 19.1. The van der Waals surface area contributed by atoms with Crippen LogP contribution in [0.2, 0.25) is 0 Å². The van der Waals surface area contributed by atoms with Crippen LogP contribution >= 0.6 is 0 Å². The van der Waals surface area contributed by atoms with E-state index in [0.717, 1.165) is 49.7 Å². The molecule has 1 N–H and O–H groups in total. The van der Waals surface area contributed by atoms with Crippen LogP contribution in [0.1, 0.15) is 43.0 Å². The summed E-state index contributed by atoms with van der Waals surface area (Å²) in [5.74, 6) is 0.880. The lowest BCUT2D eigenvalue weighted by atomic mass is 10.1. The number of halogens is 1. The van der Waals surface area contributed by atoms with Gasteiger partial charge in [-0.3, -0.25) is 4.90 Å². The molecule has 2 aliphatic rings. The smallest absolute Gasteiger partial charge is 0.129 e. The number of benzene rings is 1. The van der Waals surface area contributed by atoms with Crippen LogP contribution in [0.3, 0.4) is 0 Å². The average Bonchev–Trinajstić information content (AvgIpc) is 3.43. The highest BCUT2D eigenvalue weighted by Crippen LogP contribution is 2.28. The van der Waals surface area contributed by atoms with Crippen molar-refractivity contribution in [2.75, 3.05) is 37.6 Å². The van der Waals surface area contributed by atoms with Crippen molar-refractivity contribution in [2.24, 2.45) is 0 Å². The molecule has 1 aromatic heterocycles. The Hall–Kier alpha value is -1.85. The Labute approximate surface area is 155 Å². The molecule has 0 bridgehead atoms. The van der Waals surface area contributed by atoms with Gasteiger partial charge in [-0.1, -0.05) is 6.07 Å². The second-order valence-electron chi connectivity index (χ2n) is 7.34. The predicted molar refractivity (Wildman–Crippen MR) is 102 cm³/mol. The molecule has 1 unspecified atom stereocenters. The summed E-state index contributed by atoms with van der Waals surface area (Å²) in [6, 6.07) is 9.65.